The lowest BCUT2D eigenvalue weighted by Crippen LogP contribution is -2.60. The molecule has 1 aliphatic carbocycles. The maximum Gasteiger partial charge on any atom is 0.348 e. The average Bonchev–Trinajstić information content (AvgIpc) is 3.70. The normalized spacial score (nSPS) is 22.1. The van der Waals surface area contributed by atoms with Crippen molar-refractivity contribution < 1.29 is 27.9 Å². The highest BCUT2D eigenvalue weighted by molar-refractivity contribution is 7.89. The van der Waals surface area contributed by atoms with Crippen LogP contribution in [-0.4, -0.2) is 80.1 Å². The molecule has 12 heteroatoms. The van der Waals surface area contributed by atoms with Crippen LogP contribution in [0.1, 0.15) is 54.6 Å². The van der Waals surface area contributed by atoms with Crippen molar-refractivity contribution >= 4 is 44.7 Å². The molecule has 234 valence electrons. The van der Waals surface area contributed by atoms with Crippen LogP contribution in [0, 0.1) is 5.92 Å². The number of carbonyl (C=O) groups excluding carboxylic acids is 1. The molecule has 1 amide bonds. The van der Waals surface area contributed by atoms with Gasteiger partial charge in [-0.3, -0.25) is 4.79 Å². The Morgan fingerprint density at radius 1 is 1.07 bits per heavy atom. The number of aromatic nitrogens is 1. The molecular formula is C32H38N4O6S2. The Kier molecular flexibility index (Phi) is 9.04. The third-order valence-electron chi connectivity index (χ3n) is 9.11. The zero-order chi connectivity index (χ0) is 30.8. The SMILES string of the molecule is COCC1CCCN1c1ccc(S(=O)(=O)N2CC(=O)N(c3cc(-c4ccccc4)sc3C(=O)O)C(C3CCCCC3)C2)cn1. The molecule has 10 nitrogen and oxygen atoms in total. The number of aromatic carboxylic acids is 1. The summed E-state index contributed by atoms with van der Waals surface area (Å²) in [6, 6.07) is 14.3. The van der Waals surface area contributed by atoms with E-state index >= 15 is 0 Å². The molecule has 2 unspecified atom stereocenters. The maximum atomic E-state index is 14.0. The molecule has 2 saturated heterocycles. The van der Waals surface area contributed by atoms with Gasteiger partial charge in [-0.15, -0.1) is 11.3 Å². The van der Waals surface area contributed by atoms with E-state index in [2.05, 4.69) is 9.88 Å². The quantitative estimate of drug-likeness (QED) is 0.344. The molecule has 0 bridgehead atoms. The second-order valence-electron chi connectivity index (χ2n) is 11.8. The lowest BCUT2D eigenvalue weighted by atomic mass is 9.82. The van der Waals surface area contributed by atoms with Crippen molar-refractivity contribution in [2.24, 2.45) is 5.92 Å². The van der Waals surface area contributed by atoms with Gasteiger partial charge < -0.3 is 19.6 Å². The van der Waals surface area contributed by atoms with Gasteiger partial charge in [-0.2, -0.15) is 4.31 Å². The summed E-state index contributed by atoms with van der Waals surface area (Å²) in [5, 5.41) is 10.2. The smallest absolute Gasteiger partial charge is 0.348 e. The van der Waals surface area contributed by atoms with Gasteiger partial charge in [0.1, 0.15) is 15.6 Å². The molecule has 0 radical (unpaired) electrons. The monoisotopic (exact) mass is 638 g/mol. The Morgan fingerprint density at radius 2 is 1.84 bits per heavy atom. The van der Waals surface area contributed by atoms with E-state index in [9.17, 15) is 23.1 Å². The number of pyridine rings is 1. The molecule has 3 aliphatic rings. The number of thiophene rings is 1. The zero-order valence-corrected chi connectivity index (χ0v) is 26.4. The van der Waals surface area contributed by atoms with E-state index in [0.29, 0.717) is 18.1 Å². The second-order valence-corrected chi connectivity index (χ2v) is 14.8. The fraction of sp³-hybridized carbons (Fsp3) is 0.469. The van der Waals surface area contributed by atoms with Crippen molar-refractivity contribution in [3.63, 3.8) is 0 Å². The highest BCUT2D eigenvalue weighted by Gasteiger charge is 2.44. The standard InChI is InChI=1S/C32H38N4O6S2/c1-42-21-24-13-8-16-35(24)29-15-14-25(18-33-29)44(40,41)34-19-27(22-9-4-2-5-10-22)36(30(37)20-34)26-17-28(43-31(26)32(38)39)23-11-6-3-7-12-23/h3,6-7,11-12,14-15,17-18,22,24,27H,2,4-5,8-10,13,16,19-21H2,1H3,(H,38,39). The lowest BCUT2D eigenvalue weighted by Gasteiger charge is -2.44. The van der Waals surface area contributed by atoms with Gasteiger partial charge in [0.2, 0.25) is 15.9 Å². The van der Waals surface area contributed by atoms with Gasteiger partial charge in [-0.05, 0) is 55.4 Å². The third kappa shape index (κ3) is 6.00. The second kappa shape index (κ2) is 13.0. The van der Waals surface area contributed by atoms with Crippen molar-refractivity contribution in [3.05, 3.63) is 59.6 Å². The molecule has 3 fully saturated rings. The molecule has 6 rings (SSSR count). The number of carbonyl (C=O) groups is 2. The first-order chi connectivity index (χ1) is 21.3. The first-order valence-electron chi connectivity index (χ1n) is 15.2. The topological polar surface area (TPSA) is 120 Å². The minimum atomic E-state index is -4.03. The Bertz CT molecular complexity index is 1590. The molecule has 3 aromatic rings. The Balaban J connectivity index is 1.31. The van der Waals surface area contributed by atoms with Gasteiger partial charge in [-0.1, -0.05) is 49.6 Å². The fourth-order valence-corrected chi connectivity index (χ4v) is 9.29. The first-order valence-corrected chi connectivity index (χ1v) is 17.5. The summed E-state index contributed by atoms with van der Waals surface area (Å²) in [6.07, 6.45) is 8.18. The molecule has 1 aromatic carbocycles. The predicted octanol–water partition coefficient (Wildman–Crippen LogP) is 5.11. The van der Waals surface area contributed by atoms with Crippen LogP contribution < -0.4 is 9.80 Å². The predicted molar refractivity (Wildman–Crippen MR) is 170 cm³/mol. The van der Waals surface area contributed by atoms with Crippen molar-refractivity contribution in [3.8, 4) is 10.4 Å². The molecule has 2 aromatic heterocycles. The maximum absolute atomic E-state index is 14.0. The number of nitrogens with zero attached hydrogens (tertiary/aromatic N) is 4. The molecule has 2 atom stereocenters. The highest BCUT2D eigenvalue weighted by Crippen LogP contribution is 2.42. The zero-order valence-electron chi connectivity index (χ0n) is 24.8. The number of rotatable bonds is 9. The van der Waals surface area contributed by atoms with Crippen LogP contribution >= 0.6 is 11.3 Å². The first kappa shape index (κ1) is 30.7. The van der Waals surface area contributed by atoms with Crippen LogP contribution in [0.4, 0.5) is 11.5 Å². The number of amides is 1. The summed E-state index contributed by atoms with van der Waals surface area (Å²) >= 11 is 1.14. The van der Waals surface area contributed by atoms with E-state index in [4.69, 9.17) is 4.74 Å². The van der Waals surface area contributed by atoms with Crippen LogP contribution in [0.15, 0.2) is 59.6 Å². The number of hydrogen-bond acceptors (Lipinski definition) is 8. The molecule has 1 N–H and O–H groups in total. The fourth-order valence-electron chi connectivity index (χ4n) is 6.95. The summed E-state index contributed by atoms with van der Waals surface area (Å²) in [6.45, 7) is 1.14. The van der Waals surface area contributed by atoms with Crippen molar-refractivity contribution in [1.82, 2.24) is 9.29 Å². The summed E-state index contributed by atoms with van der Waals surface area (Å²) < 4.78 is 34.5. The molecular weight excluding hydrogens is 601 g/mol. The van der Waals surface area contributed by atoms with Crippen LogP contribution in [0.5, 0.6) is 0 Å². The Hall–Kier alpha value is -3.32. The van der Waals surface area contributed by atoms with Gasteiger partial charge in [0.05, 0.1) is 30.9 Å². The van der Waals surface area contributed by atoms with Crippen LogP contribution in [0.3, 0.4) is 0 Å². The summed E-state index contributed by atoms with van der Waals surface area (Å²) in [5.74, 6) is -0.758. The third-order valence-corrected chi connectivity index (χ3v) is 12.1. The van der Waals surface area contributed by atoms with Crippen molar-refractivity contribution in [1.29, 1.82) is 0 Å². The van der Waals surface area contributed by atoms with E-state index in [-0.39, 0.29) is 34.8 Å². The largest absolute Gasteiger partial charge is 0.477 e. The van der Waals surface area contributed by atoms with E-state index in [0.717, 1.165) is 73.3 Å². The lowest BCUT2D eigenvalue weighted by molar-refractivity contribution is -0.121. The van der Waals surface area contributed by atoms with E-state index in [1.807, 2.05) is 30.3 Å². The van der Waals surface area contributed by atoms with Crippen molar-refractivity contribution in [2.75, 3.05) is 43.2 Å². The van der Waals surface area contributed by atoms with Gasteiger partial charge in [0.25, 0.3) is 0 Å². The number of anilines is 2. The molecule has 1 saturated carbocycles. The molecule has 2 aliphatic heterocycles. The van der Waals surface area contributed by atoms with Crippen LogP contribution in [0.25, 0.3) is 10.4 Å². The number of methoxy groups -OCH3 is 1. The van der Waals surface area contributed by atoms with Gasteiger partial charge in [0.15, 0.2) is 0 Å². The Labute approximate surface area is 262 Å². The molecule has 4 heterocycles. The molecule has 0 spiro atoms. The van der Waals surface area contributed by atoms with Gasteiger partial charge in [-0.25, -0.2) is 18.2 Å². The summed E-state index contributed by atoms with van der Waals surface area (Å²) in [5.41, 5.74) is 1.22. The van der Waals surface area contributed by atoms with Crippen LogP contribution in [0.2, 0.25) is 0 Å². The van der Waals surface area contributed by atoms with E-state index < -0.39 is 27.9 Å². The number of sulfonamides is 1. The number of hydrogen-bond donors (Lipinski definition) is 1. The average molecular weight is 639 g/mol. The number of ether oxygens (including phenoxy) is 1. The number of piperazine rings is 1. The highest BCUT2D eigenvalue weighted by atomic mass is 32.2. The van der Waals surface area contributed by atoms with Gasteiger partial charge >= 0.3 is 5.97 Å². The number of carboxylic acids is 1. The summed E-state index contributed by atoms with van der Waals surface area (Å²) in [4.78, 5) is 35.5. The molecule has 44 heavy (non-hydrogen) atoms. The summed E-state index contributed by atoms with van der Waals surface area (Å²) in [7, 11) is -2.36. The Morgan fingerprint density at radius 3 is 2.52 bits per heavy atom. The minimum absolute atomic E-state index is 0.0421. The van der Waals surface area contributed by atoms with Gasteiger partial charge in [0, 0.05) is 31.3 Å². The number of carboxylic acid groups (broad SMARTS) is 1. The number of benzene rings is 1. The van der Waals surface area contributed by atoms with E-state index in [1.165, 1.54) is 10.5 Å². The minimum Gasteiger partial charge on any atom is -0.477 e. The van der Waals surface area contributed by atoms with Crippen molar-refractivity contribution in [2.45, 2.75) is 61.9 Å². The van der Waals surface area contributed by atoms with E-state index in [1.54, 1.807) is 30.2 Å². The van der Waals surface area contributed by atoms with Crippen LogP contribution in [-0.2, 0) is 19.6 Å².